The average molecular weight is 173 g/mol. The Morgan fingerprint density at radius 3 is 2.50 bits per heavy atom. The van der Waals surface area contributed by atoms with Gasteiger partial charge in [0.1, 0.15) is 0 Å². The highest BCUT2D eigenvalue weighted by atomic mass is 16.2. The van der Waals surface area contributed by atoms with Gasteiger partial charge in [0, 0.05) is 6.04 Å². The molecule has 0 aromatic heterocycles. The number of nitrogens with two attached hydrogens (primary N) is 1. The van der Waals surface area contributed by atoms with Crippen molar-refractivity contribution in [3.8, 4) is 0 Å². The number of hydrazine groups is 1. The van der Waals surface area contributed by atoms with Gasteiger partial charge >= 0.3 is 6.03 Å². The predicted molar refractivity (Wildman–Crippen MR) is 49.4 cm³/mol. The summed E-state index contributed by atoms with van der Waals surface area (Å²) < 4.78 is 0. The molecular weight excluding hydrogens is 154 g/mol. The summed E-state index contributed by atoms with van der Waals surface area (Å²) in [6, 6.07) is -0.130. The van der Waals surface area contributed by atoms with Crippen LogP contribution in [0.5, 0.6) is 0 Å². The van der Waals surface area contributed by atoms with Crippen molar-refractivity contribution in [1.82, 2.24) is 10.7 Å². The maximum Gasteiger partial charge on any atom is 0.329 e. The van der Waals surface area contributed by atoms with Gasteiger partial charge in [0.2, 0.25) is 0 Å². The molecule has 0 radical (unpaired) electrons. The molecule has 0 aromatic carbocycles. The Bertz CT molecular complexity index is 138. The van der Waals surface area contributed by atoms with Gasteiger partial charge in [-0.25, -0.2) is 10.6 Å². The first-order valence-electron chi connectivity index (χ1n) is 4.37. The number of hydrogen-bond acceptors (Lipinski definition) is 2. The number of rotatable bonds is 4. The van der Waals surface area contributed by atoms with E-state index in [0.29, 0.717) is 5.92 Å². The minimum Gasteiger partial charge on any atom is -0.335 e. The van der Waals surface area contributed by atoms with Gasteiger partial charge in [-0.3, -0.25) is 5.43 Å². The van der Waals surface area contributed by atoms with Gasteiger partial charge in [0.25, 0.3) is 0 Å². The van der Waals surface area contributed by atoms with E-state index in [1.807, 2.05) is 12.3 Å². The molecule has 2 unspecified atom stereocenters. The summed E-state index contributed by atoms with van der Waals surface area (Å²) in [7, 11) is 0. The summed E-state index contributed by atoms with van der Waals surface area (Å²) in [5, 5.41) is 2.72. The molecular formula is C8H19N3O. The topological polar surface area (TPSA) is 67.2 Å². The van der Waals surface area contributed by atoms with E-state index in [2.05, 4.69) is 19.2 Å². The van der Waals surface area contributed by atoms with Gasteiger partial charge in [-0.1, -0.05) is 20.3 Å². The summed E-state index contributed by atoms with van der Waals surface area (Å²) in [6.45, 7) is 6.28. The SMILES string of the molecule is CCC(C)CC(C)NC(=O)NN. The molecule has 0 rings (SSSR count). The molecule has 0 aliphatic carbocycles. The molecule has 4 nitrogen and oxygen atoms in total. The van der Waals surface area contributed by atoms with E-state index in [4.69, 9.17) is 5.84 Å². The van der Waals surface area contributed by atoms with Crippen molar-refractivity contribution in [2.24, 2.45) is 11.8 Å². The Morgan fingerprint density at radius 1 is 1.50 bits per heavy atom. The summed E-state index contributed by atoms with van der Waals surface area (Å²) in [5.74, 6) is 5.56. The molecule has 0 saturated heterocycles. The van der Waals surface area contributed by atoms with Crippen molar-refractivity contribution in [1.29, 1.82) is 0 Å². The van der Waals surface area contributed by atoms with Crippen LogP contribution in [0.2, 0.25) is 0 Å². The van der Waals surface area contributed by atoms with Gasteiger partial charge in [-0.15, -0.1) is 0 Å². The van der Waals surface area contributed by atoms with Crippen molar-refractivity contribution in [2.45, 2.75) is 39.7 Å². The lowest BCUT2D eigenvalue weighted by molar-refractivity contribution is 0.236. The summed E-state index contributed by atoms with van der Waals surface area (Å²) in [4.78, 5) is 10.7. The van der Waals surface area contributed by atoms with Gasteiger partial charge in [0.05, 0.1) is 0 Å². The standard InChI is InChI=1S/C8H19N3O/c1-4-6(2)5-7(3)10-8(12)11-9/h6-7H,4-5,9H2,1-3H3,(H2,10,11,12). The van der Waals surface area contributed by atoms with Crippen LogP contribution in [0.4, 0.5) is 4.79 Å². The van der Waals surface area contributed by atoms with Crippen LogP contribution in [-0.2, 0) is 0 Å². The third-order valence-electron chi connectivity index (χ3n) is 1.96. The number of nitrogens with one attached hydrogen (secondary N) is 2. The zero-order valence-electron chi connectivity index (χ0n) is 8.05. The molecule has 72 valence electrons. The summed E-state index contributed by atoms with van der Waals surface area (Å²) >= 11 is 0. The lowest BCUT2D eigenvalue weighted by atomic mass is 10.0. The zero-order valence-corrected chi connectivity index (χ0v) is 8.05. The van der Waals surface area contributed by atoms with E-state index in [1.54, 1.807) is 0 Å². The first-order chi connectivity index (χ1) is 5.60. The van der Waals surface area contributed by atoms with E-state index in [-0.39, 0.29) is 12.1 Å². The van der Waals surface area contributed by atoms with E-state index < -0.39 is 0 Å². The fourth-order valence-electron chi connectivity index (χ4n) is 1.09. The van der Waals surface area contributed by atoms with Crippen molar-refractivity contribution in [3.63, 3.8) is 0 Å². The van der Waals surface area contributed by atoms with Crippen molar-refractivity contribution >= 4 is 6.03 Å². The van der Waals surface area contributed by atoms with Crippen LogP contribution >= 0.6 is 0 Å². The molecule has 2 amide bonds. The second kappa shape index (κ2) is 5.83. The minimum absolute atomic E-state index is 0.184. The fraction of sp³-hybridized carbons (Fsp3) is 0.875. The lowest BCUT2D eigenvalue weighted by Crippen LogP contribution is -2.44. The number of urea groups is 1. The smallest absolute Gasteiger partial charge is 0.329 e. The van der Waals surface area contributed by atoms with E-state index in [1.165, 1.54) is 0 Å². The normalized spacial score (nSPS) is 15.0. The maximum atomic E-state index is 10.7. The minimum atomic E-state index is -0.314. The van der Waals surface area contributed by atoms with Crippen LogP contribution in [-0.4, -0.2) is 12.1 Å². The van der Waals surface area contributed by atoms with E-state index in [0.717, 1.165) is 12.8 Å². The molecule has 0 fully saturated rings. The Morgan fingerprint density at radius 2 is 2.08 bits per heavy atom. The second-order valence-electron chi connectivity index (χ2n) is 3.27. The molecule has 0 spiro atoms. The van der Waals surface area contributed by atoms with Crippen molar-refractivity contribution in [2.75, 3.05) is 0 Å². The third-order valence-corrected chi connectivity index (χ3v) is 1.96. The van der Waals surface area contributed by atoms with E-state index in [9.17, 15) is 4.79 Å². The Balaban J connectivity index is 3.58. The van der Waals surface area contributed by atoms with Crippen molar-refractivity contribution in [3.05, 3.63) is 0 Å². The highest BCUT2D eigenvalue weighted by Gasteiger charge is 2.08. The van der Waals surface area contributed by atoms with Crippen LogP contribution in [0.3, 0.4) is 0 Å². The van der Waals surface area contributed by atoms with Crippen LogP contribution in [0, 0.1) is 5.92 Å². The number of carbonyl (C=O) groups is 1. The van der Waals surface area contributed by atoms with Crippen molar-refractivity contribution < 1.29 is 4.79 Å². The van der Waals surface area contributed by atoms with E-state index >= 15 is 0 Å². The molecule has 12 heavy (non-hydrogen) atoms. The van der Waals surface area contributed by atoms with Crippen LogP contribution < -0.4 is 16.6 Å². The number of carbonyl (C=O) groups excluding carboxylic acids is 1. The molecule has 0 aliphatic heterocycles. The van der Waals surface area contributed by atoms with Gasteiger partial charge in [-0.2, -0.15) is 0 Å². The molecule has 2 atom stereocenters. The Kier molecular flexibility index (Phi) is 5.45. The first kappa shape index (κ1) is 11.2. The van der Waals surface area contributed by atoms with Gasteiger partial charge < -0.3 is 5.32 Å². The zero-order chi connectivity index (χ0) is 9.56. The van der Waals surface area contributed by atoms with Crippen LogP contribution in [0.1, 0.15) is 33.6 Å². The largest absolute Gasteiger partial charge is 0.335 e. The monoisotopic (exact) mass is 173 g/mol. The molecule has 0 aliphatic rings. The Hall–Kier alpha value is -0.770. The second-order valence-corrected chi connectivity index (χ2v) is 3.27. The molecule has 0 bridgehead atoms. The Labute approximate surface area is 73.9 Å². The maximum absolute atomic E-state index is 10.7. The van der Waals surface area contributed by atoms with Crippen LogP contribution in [0.25, 0.3) is 0 Å². The highest BCUT2D eigenvalue weighted by molar-refractivity contribution is 5.73. The summed E-state index contributed by atoms with van der Waals surface area (Å²) in [5.41, 5.74) is 2.04. The summed E-state index contributed by atoms with van der Waals surface area (Å²) in [6.07, 6.45) is 2.13. The molecule has 0 aromatic rings. The molecule has 4 N–H and O–H groups in total. The molecule has 0 heterocycles. The molecule has 0 saturated carbocycles. The first-order valence-corrected chi connectivity index (χ1v) is 4.37. The van der Waals surface area contributed by atoms with Gasteiger partial charge in [0.15, 0.2) is 0 Å². The number of amides is 2. The lowest BCUT2D eigenvalue weighted by Gasteiger charge is -2.16. The highest BCUT2D eigenvalue weighted by Crippen LogP contribution is 2.08. The average Bonchev–Trinajstić information content (AvgIpc) is 2.03. The third kappa shape index (κ3) is 4.96. The van der Waals surface area contributed by atoms with Gasteiger partial charge in [-0.05, 0) is 19.3 Å². The van der Waals surface area contributed by atoms with Crippen LogP contribution in [0.15, 0.2) is 0 Å². The quantitative estimate of drug-likeness (QED) is 0.337. The number of hydrogen-bond donors (Lipinski definition) is 3. The molecule has 4 heteroatoms. The fourth-order valence-corrected chi connectivity index (χ4v) is 1.09. The predicted octanol–water partition coefficient (Wildman–Crippen LogP) is 0.984.